The highest BCUT2D eigenvalue weighted by Crippen LogP contribution is 2.05. The van der Waals surface area contributed by atoms with Crippen LogP contribution in [0.1, 0.15) is 32.1 Å². The highest BCUT2D eigenvalue weighted by atomic mass is 14.8. The van der Waals surface area contributed by atoms with Crippen molar-refractivity contribution >= 4 is 0 Å². The van der Waals surface area contributed by atoms with E-state index in [1.807, 2.05) is 7.05 Å². The van der Waals surface area contributed by atoms with Crippen molar-refractivity contribution in [3.05, 3.63) is 0 Å². The first-order valence-electron chi connectivity index (χ1n) is 5.58. The van der Waals surface area contributed by atoms with Gasteiger partial charge in [0.25, 0.3) is 0 Å². The molecule has 2 atom stereocenters. The van der Waals surface area contributed by atoms with Crippen molar-refractivity contribution in [2.45, 2.75) is 44.2 Å². The third-order valence-corrected chi connectivity index (χ3v) is 2.52. The maximum absolute atomic E-state index is 5.96. The summed E-state index contributed by atoms with van der Waals surface area (Å²) in [6.07, 6.45) is 5.38. The first-order chi connectivity index (χ1) is 6.72. The number of unbranched alkanes of at least 4 members (excludes halogenated alkanes) is 2. The lowest BCUT2D eigenvalue weighted by Gasteiger charge is -2.19. The maximum atomic E-state index is 5.96. The van der Waals surface area contributed by atoms with Gasteiger partial charge in [-0.15, -0.1) is 0 Å². The molecule has 14 heavy (non-hydrogen) atoms. The molecular formula is C10H26N4. The van der Waals surface area contributed by atoms with Crippen molar-refractivity contribution in [1.29, 1.82) is 0 Å². The summed E-state index contributed by atoms with van der Waals surface area (Å²) < 4.78 is 0. The van der Waals surface area contributed by atoms with E-state index in [0.717, 1.165) is 38.8 Å². The number of hydrogen-bond donors (Lipinski definition) is 4. The molecule has 4 nitrogen and oxygen atoms in total. The molecule has 0 aliphatic heterocycles. The fourth-order valence-electron chi connectivity index (χ4n) is 1.44. The van der Waals surface area contributed by atoms with Crippen molar-refractivity contribution in [2.24, 2.45) is 17.2 Å². The van der Waals surface area contributed by atoms with Crippen molar-refractivity contribution in [3.8, 4) is 0 Å². The van der Waals surface area contributed by atoms with Gasteiger partial charge in [-0.05, 0) is 39.4 Å². The van der Waals surface area contributed by atoms with Gasteiger partial charge in [-0.3, -0.25) is 0 Å². The molecule has 0 spiro atoms. The highest BCUT2D eigenvalue weighted by molar-refractivity contribution is 4.76. The van der Waals surface area contributed by atoms with E-state index < -0.39 is 0 Å². The third kappa shape index (κ3) is 7.26. The number of hydrogen-bond acceptors (Lipinski definition) is 4. The molecule has 86 valence electrons. The summed E-state index contributed by atoms with van der Waals surface area (Å²) in [6, 6.07) is 0.265. The molecule has 2 unspecified atom stereocenters. The van der Waals surface area contributed by atoms with E-state index >= 15 is 0 Å². The summed E-state index contributed by atoms with van der Waals surface area (Å²) in [6.45, 7) is 1.72. The van der Waals surface area contributed by atoms with E-state index in [1.165, 1.54) is 6.42 Å². The van der Waals surface area contributed by atoms with Crippen molar-refractivity contribution in [1.82, 2.24) is 5.32 Å². The summed E-state index contributed by atoms with van der Waals surface area (Å²) in [4.78, 5) is 0. The SMILES string of the molecule is CNCCC(N)C(N)CCCCCN. The van der Waals surface area contributed by atoms with Crippen LogP contribution in [0.2, 0.25) is 0 Å². The molecule has 0 saturated heterocycles. The Kier molecular flexibility index (Phi) is 9.29. The molecule has 0 heterocycles. The maximum Gasteiger partial charge on any atom is 0.0204 e. The number of rotatable bonds is 9. The normalized spacial score (nSPS) is 15.4. The third-order valence-electron chi connectivity index (χ3n) is 2.52. The lowest BCUT2D eigenvalue weighted by Crippen LogP contribution is -2.42. The van der Waals surface area contributed by atoms with Crippen molar-refractivity contribution < 1.29 is 0 Å². The zero-order chi connectivity index (χ0) is 10.8. The molecule has 0 saturated carbocycles. The molecule has 4 heteroatoms. The molecule has 0 aromatic rings. The molecule has 0 rings (SSSR count). The summed E-state index contributed by atoms with van der Waals surface area (Å²) in [5.74, 6) is 0. The minimum absolute atomic E-state index is 0.125. The Balaban J connectivity index is 3.36. The molecule has 0 amide bonds. The second kappa shape index (κ2) is 9.40. The summed E-state index contributed by atoms with van der Waals surface area (Å²) in [7, 11) is 1.93. The number of nitrogens with two attached hydrogens (primary N) is 3. The number of nitrogens with one attached hydrogen (secondary N) is 1. The molecule has 7 N–H and O–H groups in total. The zero-order valence-electron chi connectivity index (χ0n) is 9.34. The van der Waals surface area contributed by atoms with Gasteiger partial charge in [-0.25, -0.2) is 0 Å². The average molecular weight is 202 g/mol. The van der Waals surface area contributed by atoms with Crippen LogP contribution in [-0.4, -0.2) is 32.2 Å². The minimum Gasteiger partial charge on any atom is -0.330 e. The molecular weight excluding hydrogens is 176 g/mol. The fourth-order valence-corrected chi connectivity index (χ4v) is 1.44. The predicted molar refractivity (Wildman–Crippen MR) is 62.0 cm³/mol. The average Bonchev–Trinajstić information content (AvgIpc) is 2.20. The fraction of sp³-hybridized carbons (Fsp3) is 1.00. The van der Waals surface area contributed by atoms with E-state index in [9.17, 15) is 0 Å². The van der Waals surface area contributed by atoms with Crippen LogP contribution in [0.15, 0.2) is 0 Å². The Hall–Kier alpha value is -0.160. The van der Waals surface area contributed by atoms with Crippen LogP contribution in [0.5, 0.6) is 0 Å². The Labute approximate surface area is 87.6 Å². The summed E-state index contributed by atoms with van der Waals surface area (Å²) >= 11 is 0. The molecule has 0 fully saturated rings. The molecule has 0 bridgehead atoms. The van der Waals surface area contributed by atoms with E-state index in [2.05, 4.69) is 5.32 Å². The Bertz CT molecular complexity index is 119. The largest absolute Gasteiger partial charge is 0.330 e. The van der Waals surface area contributed by atoms with Gasteiger partial charge in [0.2, 0.25) is 0 Å². The van der Waals surface area contributed by atoms with Crippen LogP contribution in [0.25, 0.3) is 0 Å². The first kappa shape index (κ1) is 13.8. The van der Waals surface area contributed by atoms with E-state index in [0.29, 0.717) is 0 Å². The first-order valence-corrected chi connectivity index (χ1v) is 5.58. The Morgan fingerprint density at radius 2 is 1.64 bits per heavy atom. The second-order valence-corrected chi connectivity index (χ2v) is 3.86. The van der Waals surface area contributed by atoms with Gasteiger partial charge in [0.05, 0.1) is 0 Å². The molecule has 0 aromatic carbocycles. The minimum atomic E-state index is 0.125. The summed E-state index contributed by atoms with van der Waals surface area (Å²) in [5, 5.41) is 3.08. The Morgan fingerprint density at radius 3 is 2.21 bits per heavy atom. The van der Waals surface area contributed by atoms with E-state index in [1.54, 1.807) is 0 Å². The van der Waals surface area contributed by atoms with Crippen molar-refractivity contribution in [3.63, 3.8) is 0 Å². The van der Waals surface area contributed by atoms with Crippen LogP contribution in [0.3, 0.4) is 0 Å². The van der Waals surface area contributed by atoms with E-state index in [-0.39, 0.29) is 12.1 Å². The van der Waals surface area contributed by atoms with Gasteiger partial charge in [-0.1, -0.05) is 12.8 Å². The van der Waals surface area contributed by atoms with Gasteiger partial charge in [-0.2, -0.15) is 0 Å². The molecule has 0 aromatic heterocycles. The predicted octanol–water partition coefficient (Wildman–Crippen LogP) is -0.230. The second-order valence-electron chi connectivity index (χ2n) is 3.86. The topological polar surface area (TPSA) is 90.1 Å². The van der Waals surface area contributed by atoms with Gasteiger partial charge in [0, 0.05) is 12.1 Å². The van der Waals surface area contributed by atoms with Crippen molar-refractivity contribution in [2.75, 3.05) is 20.1 Å². The zero-order valence-corrected chi connectivity index (χ0v) is 9.34. The van der Waals surface area contributed by atoms with Gasteiger partial charge in [0.15, 0.2) is 0 Å². The van der Waals surface area contributed by atoms with Crippen LogP contribution >= 0.6 is 0 Å². The molecule has 0 aliphatic carbocycles. The van der Waals surface area contributed by atoms with Gasteiger partial charge < -0.3 is 22.5 Å². The van der Waals surface area contributed by atoms with Crippen LogP contribution in [0.4, 0.5) is 0 Å². The molecule has 0 aliphatic rings. The smallest absolute Gasteiger partial charge is 0.0204 e. The van der Waals surface area contributed by atoms with E-state index in [4.69, 9.17) is 17.2 Å². The van der Waals surface area contributed by atoms with Gasteiger partial charge in [0.1, 0.15) is 0 Å². The van der Waals surface area contributed by atoms with Gasteiger partial charge >= 0.3 is 0 Å². The summed E-state index contributed by atoms with van der Waals surface area (Å²) in [5.41, 5.74) is 17.3. The van der Waals surface area contributed by atoms with Crippen LogP contribution in [-0.2, 0) is 0 Å². The quantitative estimate of drug-likeness (QED) is 0.389. The van der Waals surface area contributed by atoms with Crippen LogP contribution < -0.4 is 22.5 Å². The standard InChI is InChI=1S/C10H26N4/c1-14-8-6-10(13)9(12)5-3-2-4-7-11/h9-10,14H,2-8,11-13H2,1H3. The molecule has 0 radical (unpaired) electrons. The van der Waals surface area contributed by atoms with Crippen LogP contribution in [0, 0.1) is 0 Å². The Morgan fingerprint density at radius 1 is 1.00 bits per heavy atom. The lowest BCUT2D eigenvalue weighted by molar-refractivity contribution is 0.445. The lowest BCUT2D eigenvalue weighted by atomic mass is 10.0. The monoisotopic (exact) mass is 202 g/mol. The highest BCUT2D eigenvalue weighted by Gasteiger charge is 2.11.